The Morgan fingerprint density at radius 1 is 1.04 bits per heavy atom. The van der Waals surface area contributed by atoms with E-state index < -0.39 is 83.7 Å². The number of aliphatic hydroxyl groups excluding tert-OH is 1. The number of nitrogens with zero attached hydrogens (tertiary/aromatic N) is 4. The molecular weight excluding hydrogens is 670 g/mol. The summed E-state index contributed by atoms with van der Waals surface area (Å²) in [6.45, 7) is 0.861. The quantitative estimate of drug-likeness (QED) is 0.172. The summed E-state index contributed by atoms with van der Waals surface area (Å²) in [7, 11) is 2.34. The van der Waals surface area contributed by atoms with Crippen molar-refractivity contribution in [1.82, 2.24) is 20.3 Å². The van der Waals surface area contributed by atoms with Crippen LogP contribution in [0.25, 0.3) is 0 Å². The number of carboxylic acid groups (broad SMARTS) is 1. The lowest BCUT2D eigenvalue weighted by molar-refractivity contribution is -0.144. The summed E-state index contributed by atoms with van der Waals surface area (Å²) in [5, 5.41) is 24.6. The van der Waals surface area contributed by atoms with Crippen LogP contribution in [-0.4, -0.2) is 76.0 Å². The molecule has 2 amide bonds. The molecule has 0 saturated carbocycles. The predicted octanol–water partition coefficient (Wildman–Crippen LogP) is 4.59. The molecule has 4 rings (SSSR count). The summed E-state index contributed by atoms with van der Waals surface area (Å²) in [6.07, 6.45) is -10.8. The minimum absolute atomic E-state index is 0.0430. The standard InChI is InChI=1S/C30H30F6N6O7/c1-4-17-11-20(24-22(42(17)28(46)47)5-6-23(41-24)48-2)40-27-37-12-18(25(44)38-21(13-43)26(45)49-3)19(39-27)9-14-7-15(29(31,32)33)10-16(8-14)30(34,35)36/h5-8,10,12,17,20-21,43H,4,9,11,13H2,1-3H3,(H,38,44)(H,46,47)(H,37,39,40)/t17-,20+,21?/m1/s1. The Bertz CT molecular complexity index is 1690. The van der Waals surface area contributed by atoms with E-state index in [9.17, 15) is 50.9 Å². The number of fused-ring (bicyclic) bond motifs is 1. The monoisotopic (exact) mass is 700 g/mol. The van der Waals surface area contributed by atoms with Crippen LogP contribution < -0.4 is 20.3 Å². The van der Waals surface area contributed by atoms with Gasteiger partial charge in [0.05, 0.1) is 60.6 Å². The Morgan fingerprint density at radius 2 is 1.69 bits per heavy atom. The highest BCUT2D eigenvalue weighted by Gasteiger charge is 2.39. The van der Waals surface area contributed by atoms with Crippen LogP contribution in [0, 0.1) is 0 Å². The Morgan fingerprint density at radius 3 is 2.22 bits per heavy atom. The summed E-state index contributed by atoms with van der Waals surface area (Å²) in [5.74, 6) is -2.22. The van der Waals surface area contributed by atoms with Gasteiger partial charge in [0.15, 0.2) is 6.04 Å². The molecule has 1 aliphatic rings. The number of hydrogen-bond donors (Lipinski definition) is 4. The maximum atomic E-state index is 13.6. The van der Waals surface area contributed by atoms with Crippen LogP contribution >= 0.6 is 0 Å². The molecule has 0 fully saturated rings. The molecule has 0 bridgehead atoms. The zero-order valence-corrected chi connectivity index (χ0v) is 26.0. The van der Waals surface area contributed by atoms with Crippen molar-refractivity contribution in [3.63, 3.8) is 0 Å². The molecule has 49 heavy (non-hydrogen) atoms. The van der Waals surface area contributed by atoms with Gasteiger partial charge in [-0.25, -0.2) is 24.5 Å². The first-order chi connectivity index (χ1) is 23.0. The van der Waals surface area contributed by atoms with E-state index in [-0.39, 0.29) is 41.4 Å². The lowest BCUT2D eigenvalue weighted by Crippen LogP contribution is -2.45. The van der Waals surface area contributed by atoms with Crippen LogP contribution in [0.4, 0.5) is 42.8 Å². The fourth-order valence-corrected chi connectivity index (χ4v) is 5.28. The van der Waals surface area contributed by atoms with Crippen molar-refractivity contribution in [2.75, 3.05) is 31.0 Å². The maximum Gasteiger partial charge on any atom is 0.416 e. The number of aromatic nitrogens is 3. The second-order valence-corrected chi connectivity index (χ2v) is 10.8. The van der Waals surface area contributed by atoms with Gasteiger partial charge in [0.25, 0.3) is 5.91 Å². The average Bonchev–Trinajstić information content (AvgIpc) is 3.05. The van der Waals surface area contributed by atoms with E-state index in [4.69, 9.17) is 4.74 Å². The van der Waals surface area contributed by atoms with Crippen LogP contribution in [-0.2, 0) is 28.3 Å². The Balaban J connectivity index is 1.82. The fraction of sp³-hybridized carbons (Fsp3) is 0.400. The largest absolute Gasteiger partial charge is 0.481 e. The predicted molar refractivity (Wildman–Crippen MR) is 158 cm³/mol. The minimum atomic E-state index is -5.15. The Kier molecular flexibility index (Phi) is 10.8. The van der Waals surface area contributed by atoms with E-state index in [1.165, 1.54) is 19.2 Å². The van der Waals surface area contributed by atoms with Crippen LogP contribution in [0.5, 0.6) is 5.88 Å². The van der Waals surface area contributed by atoms with E-state index in [1.54, 1.807) is 6.92 Å². The fourth-order valence-electron chi connectivity index (χ4n) is 5.28. The lowest BCUT2D eigenvalue weighted by atomic mass is 9.93. The second kappa shape index (κ2) is 14.5. The number of anilines is 2. The summed E-state index contributed by atoms with van der Waals surface area (Å²) in [6, 6.07) is 0.979. The molecule has 4 N–H and O–H groups in total. The number of alkyl halides is 6. The topological polar surface area (TPSA) is 176 Å². The molecule has 13 nitrogen and oxygen atoms in total. The van der Waals surface area contributed by atoms with Gasteiger partial charge in [0, 0.05) is 24.7 Å². The third-order valence-electron chi connectivity index (χ3n) is 7.63. The lowest BCUT2D eigenvalue weighted by Gasteiger charge is -2.38. The summed E-state index contributed by atoms with van der Waals surface area (Å²) in [4.78, 5) is 51.3. The molecule has 0 aliphatic carbocycles. The van der Waals surface area contributed by atoms with E-state index >= 15 is 0 Å². The van der Waals surface area contributed by atoms with Crippen molar-refractivity contribution in [2.24, 2.45) is 0 Å². The first-order valence-electron chi connectivity index (χ1n) is 14.5. The van der Waals surface area contributed by atoms with Gasteiger partial charge in [-0.2, -0.15) is 26.3 Å². The van der Waals surface area contributed by atoms with Crippen molar-refractivity contribution < 1.29 is 60.4 Å². The van der Waals surface area contributed by atoms with Crippen LogP contribution in [0.2, 0.25) is 0 Å². The van der Waals surface area contributed by atoms with Gasteiger partial charge in [-0.05, 0) is 42.7 Å². The van der Waals surface area contributed by atoms with Gasteiger partial charge in [0.2, 0.25) is 11.8 Å². The highest BCUT2D eigenvalue weighted by atomic mass is 19.4. The smallest absolute Gasteiger partial charge is 0.416 e. The highest BCUT2D eigenvalue weighted by molar-refractivity contribution is 5.97. The van der Waals surface area contributed by atoms with E-state index in [0.717, 1.165) is 18.2 Å². The number of nitrogens with one attached hydrogen (secondary N) is 2. The molecule has 3 heterocycles. The van der Waals surface area contributed by atoms with Crippen molar-refractivity contribution >= 4 is 29.6 Å². The number of methoxy groups -OCH3 is 2. The first kappa shape index (κ1) is 36.6. The molecular formula is C30H30F6N6O7. The molecule has 1 aromatic carbocycles. The van der Waals surface area contributed by atoms with E-state index in [1.807, 2.05) is 0 Å². The van der Waals surface area contributed by atoms with Crippen molar-refractivity contribution in [3.05, 3.63) is 70.2 Å². The Labute approximate surface area is 274 Å². The number of carbonyl (C=O) groups is 3. The van der Waals surface area contributed by atoms with Crippen molar-refractivity contribution in [2.45, 2.75) is 56.7 Å². The SMILES string of the molecule is CC[C@@H]1C[C@H](Nc2ncc(C(=O)NC(CO)C(=O)OC)c(Cc3cc(C(F)(F)F)cc(C(F)(F)F)c3)n2)c2nc(OC)ccc2N1C(=O)O. The normalized spacial score (nSPS) is 16.7. The van der Waals surface area contributed by atoms with E-state index in [0.29, 0.717) is 18.6 Å². The molecule has 1 unspecified atom stereocenters. The number of ether oxygens (including phenoxy) is 2. The number of esters is 1. The Hall–Kier alpha value is -5.20. The first-order valence-corrected chi connectivity index (χ1v) is 14.5. The van der Waals surface area contributed by atoms with Gasteiger partial charge >= 0.3 is 24.4 Å². The maximum absolute atomic E-state index is 13.6. The summed E-state index contributed by atoms with van der Waals surface area (Å²) in [5.41, 5.74) is -4.03. The summed E-state index contributed by atoms with van der Waals surface area (Å²) >= 11 is 0. The number of hydrogen-bond acceptors (Lipinski definition) is 10. The zero-order chi connectivity index (χ0) is 36.3. The van der Waals surface area contributed by atoms with E-state index in [2.05, 4.69) is 30.3 Å². The number of pyridine rings is 1. The molecule has 2 aromatic heterocycles. The minimum Gasteiger partial charge on any atom is -0.481 e. The highest BCUT2D eigenvalue weighted by Crippen LogP contribution is 2.40. The number of carbonyl (C=O) groups excluding carboxylic acids is 2. The second-order valence-electron chi connectivity index (χ2n) is 10.8. The third kappa shape index (κ3) is 8.27. The molecule has 3 aromatic rings. The van der Waals surface area contributed by atoms with Gasteiger partial charge in [-0.3, -0.25) is 9.69 Å². The van der Waals surface area contributed by atoms with Gasteiger partial charge in [-0.15, -0.1) is 0 Å². The number of rotatable bonds is 10. The number of halogens is 6. The van der Waals surface area contributed by atoms with Crippen LogP contribution in [0.3, 0.4) is 0 Å². The van der Waals surface area contributed by atoms with Gasteiger partial charge < -0.3 is 30.3 Å². The molecule has 0 saturated heterocycles. The van der Waals surface area contributed by atoms with Crippen molar-refractivity contribution in [1.29, 1.82) is 0 Å². The third-order valence-corrected chi connectivity index (χ3v) is 7.63. The molecule has 0 radical (unpaired) electrons. The molecule has 3 atom stereocenters. The van der Waals surface area contributed by atoms with Gasteiger partial charge in [-0.1, -0.05) is 6.92 Å². The van der Waals surface area contributed by atoms with Crippen molar-refractivity contribution in [3.8, 4) is 5.88 Å². The average molecular weight is 701 g/mol. The number of benzene rings is 1. The molecule has 19 heteroatoms. The van der Waals surface area contributed by atoms with Gasteiger partial charge in [0.1, 0.15) is 0 Å². The van der Waals surface area contributed by atoms with Crippen LogP contribution in [0.15, 0.2) is 36.5 Å². The van der Waals surface area contributed by atoms with Crippen LogP contribution in [0.1, 0.15) is 64.2 Å². The molecule has 1 aliphatic heterocycles. The molecule has 0 spiro atoms. The summed E-state index contributed by atoms with van der Waals surface area (Å²) < 4.78 is 91.5. The zero-order valence-electron chi connectivity index (χ0n) is 26.0. The molecule has 264 valence electrons. The number of aliphatic hydroxyl groups is 1. The number of amides is 2.